The Morgan fingerprint density at radius 3 is 2.83 bits per heavy atom. The molecular weight excluding hydrogens is 356 g/mol. The Morgan fingerprint density at radius 1 is 1.25 bits per heavy atom. The standard InChI is InChI=1S/C14H18N2O6S2/c1-24(18,19)16-10-9(7-2-3-21-11(7)10)15-14(17)13-12-8(6-23-13)20-4-5-22-12/h6-7,9-11,16H,2-5H2,1H3,(H,15,17)/t7-,9+,10-,11-/m1/s1. The van der Waals surface area contributed by atoms with Gasteiger partial charge in [0.15, 0.2) is 11.5 Å². The maximum Gasteiger partial charge on any atom is 0.265 e. The van der Waals surface area contributed by atoms with E-state index in [1.165, 1.54) is 11.3 Å². The molecule has 3 heterocycles. The van der Waals surface area contributed by atoms with E-state index < -0.39 is 16.1 Å². The van der Waals surface area contributed by atoms with Gasteiger partial charge >= 0.3 is 0 Å². The number of thiophene rings is 1. The minimum Gasteiger partial charge on any atom is -0.485 e. The van der Waals surface area contributed by atoms with Crippen molar-refractivity contribution in [2.75, 3.05) is 26.1 Å². The molecule has 2 fully saturated rings. The lowest BCUT2D eigenvalue weighted by molar-refractivity contribution is -0.0194. The summed E-state index contributed by atoms with van der Waals surface area (Å²) in [5.41, 5.74) is 0. The molecule has 8 nitrogen and oxygen atoms in total. The molecule has 4 rings (SSSR count). The number of sulfonamides is 1. The van der Waals surface area contributed by atoms with Gasteiger partial charge in [0, 0.05) is 17.9 Å². The van der Waals surface area contributed by atoms with Crippen LogP contribution in [0.3, 0.4) is 0 Å². The average Bonchev–Trinajstić information content (AvgIpc) is 3.14. The Morgan fingerprint density at radius 2 is 2.04 bits per heavy atom. The highest BCUT2D eigenvalue weighted by molar-refractivity contribution is 7.88. The van der Waals surface area contributed by atoms with Gasteiger partial charge in [-0.05, 0) is 6.42 Å². The molecule has 1 saturated carbocycles. The fourth-order valence-electron chi connectivity index (χ4n) is 3.53. The molecule has 132 valence electrons. The monoisotopic (exact) mass is 374 g/mol. The van der Waals surface area contributed by atoms with Crippen LogP contribution in [0.25, 0.3) is 0 Å². The first-order chi connectivity index (χ1) is 11.4. The van der Waals surface area contributed by atoms with E-state index in [9.17, 15) is 13.2 Å². The molecule has 1 saturated heterocycles. The van der Waals surface area contributed by atoms with Crippen molar-refractivity contribution >= 4 is 27.3 Å². The lowest BCUT2D eigenvalue weighted by atomic mass is 9.72. The summed E-state index contributed by atoms with van der Waals surface area (Å²) >= 11 is 1.26. The van der Waals surface area contributed by atoms with Crippen LogP contribution in [0.1, 0.15) is 16.1 Å². The van der Waals surface area contributed by atoms with E-state index in [1.54, 1.807) is 5.38 Å². The van der Waals surface area contributed by atoms with Crippen LogP contribution >= 0.6 is 11.3 Å². The van der Waals surface area contributed by atoms with E-state index in [1.807, 2.05) is 0 Å². The molecule has 1 amide bonds. The molecular formula is C14H18N2O6S2. The summed E-state index contributed by atoms with van der Waals surface area (Å²) in [5, 5.41) is 4.69. The number of amides is 1. The predicted molar refractivity (Wildman–Crippen MR) is 86.2 cm³/mol. The summed E-state index contributed by atoms with van der Waals surface area (Å²) in [6, 6.07) is -0.730. The first-order valence-corrected chi connectivity index (χ1v) is 10.5. The fraction of sp³-hybridized carbons (Fsp3) is 0.643. The smallest absolute Gasteiger partial charge is 0.265 e. The van der Waals surface area contributed by atoms with Crippen molar-refractivity contribution in [2.45, 2.75) is 24.6 Å². The topological polar surface area (TPSA) is 103 Å². The number of rotatable bonds is 4. The Bertz CT molecular complexity index is 761. The number of hydrogen-bond donors (Lipinski definition) is 2. The lowest BCUT2D eigenvalue weighted by Gasteiger charge is -2.47. The van der Waals surface area contributed by atoms with Crippen molar-refractivity contribution in [1.82, 2.24) is 10.0 Å². The predicted octanol–water partition coefficient (Wildman–Crippen LogP) is -0.0458. The number of nitrogens with one attached hydrogen (secondary N) is 2. The Labute approximate surface area is 143 Å². The highest BCUT2D eigenvalue weighted by Gasteiger charge is 2.55. The van der Waals surface area contributed by atoms with E-state index in [0.717, 1.165) is 12.7 Å². The molecule has 3 aliphatic rings. The zero-order valence-corrected chi connectivity index (χ0v) is 14.6. The van der Waals surface area contributed by atoms with Crippen LogP contribution in [-0.2, 0) is 14.8 Å². The highest BCUT2D eigenvalue weighted by Crippen LogP contribution is 2.42. The molecule has 0 aromatic carbocycles. The fourth-order valence-corrected chi connectivity index (χ4v) is 5.14. The lowest BCUT2D eigenvalue weighted by Crippen LogP contribution is -2.70. The third kappa shape index (κ3) is 2.77. The van der Waals surface area contributed by atoms with Crippen LogP contribution in [-0.4, -0.2) is 58.6 Å². The second-order valence-corrected chi connectivity index (χ2v) is 8.82. The van der Waals surface area contributed by atoms with Crippen molar-refractivity contribution in [3.8, 4) is 11.5 Å². The van der Waals surface area contributed by atoms with Gasteiger partial charge in [0.2, 0.25) is 10.0 Å². The van der Waals surface area contributed by atoms with Crippen molar-refractivity contribution in [3.05, 3.63) is 10.3 Å². The maximum absolute atomic E-state index is 12.6. The van der Waals surface area contributed by atoms with Crippen molar-refractivity contribution in [3.63, 3.8) is 0 Å². The van der Waals surface area contributed by atoms with E-state index in [0.29, 0.717) is 36.2 Å². The molecule has 4 atom stereocenters. The van der Waals surface area contributed by atoms with Gasteiger partial charge < -0.3 is 19.5 Å². The molecule has 1 aliphatic carbocycles. The average molecular weight is 374 g/mol. The SMILES string of the molecule is CS(=O)(=O)N[C@@H]1[C@@H](NC(=O)c2scc3c2OCCO3)[C@H]2CCO[C@H]21. The van der Waals surface area contributed by atoms with Crippen LogP contribution in [0, 0.1) is 5.92 Å². The van der Waals surface area contributed by atoms with Crippen molar-refractivity contribution in [2.24, 2.45) is 5.92 Å². The van der Waals surface area contributed by atoms with Gasteiger partial charge in [0.25, 0.3) is 5.91 Å². The van der Waals surface area contributed by atoms with Crippen LogP contribution in [0.4, 0.5) is 0 Å². The number of hydrogen-bond acceptors (Lipinski definition) is 7. The molecule has 1 aromatic heterocycles. The largest absolute Gasteiger partial charge is 0.485 e. The summed E-state index contributed by atoms with van der Waals surface area (Å²) in [5.74, 6) is 0.899. The highest BCUT2D eigenvalue weighted by atomic mass is 32.2. The van der Waals surface area contributed by atoms with Crippen molar-refractivity contribution < 1.29 is 27.4 Å². The second-order valence-electron chi connectivity index (χ2n) is 6.16. The van der Waals surface area contributed by atoms with Gasteiger partial charge in [-0.25, -0.2) is 13.1 Å². The zero-order chi connectivity index (χ0) is 16.9. The molecule has 24 heavy (non-hydrogen) atoms. The zero-order valence-electron chi connectivity index (χ0n) is 13.0. The summed E-state index contributed by atoms with van der Waals surface area (Å²) in [6.07, 6.45) is 1.73. The molecule has 0 unspecified atom stereocenters. The van der Waals surface area contributed by atoms with E-state index >= 15 is 0 Å². The van der Waals surface area contributed by atoms with Gasteiger partial charge in [-0.2, -0.15) is 0 Å². The quantitative estimate of drug-likeness (QED) is 0.766. The molecule has 2 N–H and O–H groups in total. The van der Waals surface area contributed by atoms with Gasteiger partial charge in [-0.15, -0.1) is 11.3 Å². The minimum absolute atomic E-state index is 0.126. The Balaban J connectivity index is 1.51. The van der Waals surface area contributed by atoms with E-state index in [4.69, 9.17) is 14.2 Å². The third-order valence-corrected chi connectivity index (χ3v) is 6.18. The van der Waals surface area contributed by atoms with Gasteiger partial charge in [0.1, 0.15) is 18.1 Å². The minimum atomic E-state index is -3.38. The van der Waals surface area contributed by atoms with Gasteiger partial charge in [-0.3, -0.25) is 4.79 Å². The summed E-state index contributed by atoms with van der Waals surface area (Å²) in [7, 11) is -3.38. The molecule has 10 heteroatoms. The van der Waals surface area contributed by atoms with E-state index in [-0.39, 0.29) is 24.0 Å². The summed E-state index contributed by atoms with van der Waals surface area (Å²) in [6.45, 7) is 1.45. The molecule has 0 radical (unpaired) electrons. The molecule has 0 spiro atoms. The summed E-state index contributed by atoms with van der Waals surface area (Å²) < 4.78 is 42.3. The molecule has 2 aliphatic heterocycles. The number of carbonyl (C=O) groups excluding carboxylic acids is 1. The van der Waals surface area contributed by atoms with Crippen LogP contribution in [0.15, 0.2) is 5.38 Å². The summed E-state index contributed by atoms with van der Waals surface area (Å²) in [4.78, 5) is 13.1. The first-order valence-electron chi connectivity index (χ1n) is 7.71. The molecule has 0 bridgehead atoms. The first kappa shape index (κ1) is 16.1. The normalized spacial score (nSPS) is 31.2. The maximum atomic E-state index is 12.6. The van der Waals surface area contributed by atoms with Crippen molar-refractivity contribution in [1.29, 1.82) is 0 Å². The Hall–Kier alpha value is -1.36. The second kappa shape index (κ2) is 5.87. The number of ether oxygens (including phenoxy) is 3. The third-order valence-electron chi connectivity index (χ3n) is 4.54. The van der Waals surface area contributed by atoms with Crippen LogP contribution in [0.5, 0.6) is 11.5 Å². The van der Waals surface area contributed by atoms with Crippen LogP contribution in [0.2, 0.25) is 0 Å². The van der Waals surface area contributed by atoms with Gasteiger partial charge in [0.05, 0.1) is 24.4 Å². The van der Waals surface area contributed by atoms with Crippen LogP contribution < -0.4 is 19.5 Å². The number of fused-ring (bicyclic) bond motifs is 2. The van der Waals surface area contributed by atoms with Gasteiger partial charge in [-0.1, -0.05) is 0 Å². The van der Waals surface area contributed by atoms with E-state index in [2.05, 4.69) is 10.0 Å². The number of carbonyl (C=O) groups is 1. The molecule has 1 aromatic rings. The Kier molecular flexibility index (Phi) is 3.94.